The van der Waals surface area contributed by atoms with Gasteiger partial charge in [-0.15, -0.1) is 0 Å². The van der Waals surface area contributed by atoms with E-state index in [0.29, 0.717) is 0 Å². The van der Waals surface area contributed by atoms with Gasteiger partial charge in [-0.3, -0.25) is 4.79 Å². The van der Waals surface area contributed by atoms with Gasteiger partial charge in [0.25, 0.3) is 0 Å². The highest BCUT2D eigenvalue weighted by Gasteiger charge is 2.22. The van der Waals surface area contributed by atoms with Crippen molar-refractivity contribution in [1.29, 1.82) is 0 Å². The molecule has 0 saturated heterocycles. The van der Waals surface area contributed by atoms with Crippen LogP contribution in [0.5, 0.6) is 0 Å². The van der Waals surface area contributed by atoms with Crippen LogP contribution in [0.25, 0.3) is 11.0 Å². The Balaban J connectivity index is 2.43. The summed E-state index contributed by atoms with van der Waals surface area (Å²) in [6, 6.07) is 7.73. The largest absolute Gasteiger partial charge is 0.341 e. The van der Waals surface area contributed by atoms with Crippen LogP contribution in [0.1, 0.15) is 32.6 Å². The van der Waals surface area contributed by atoms with Crippen LogP contribution in [-0.2, 0) is 4.79 Å². The van der Waals surface area contributed by atoms with Crippen molar-refractivity contribution < 1.29 is 4.79 Å². The first-order chi connectivity index (χ1) is 9.10. The van der Waals surface area contributed by atoms with Crippen molar-refractivity contribution in [3.05, 3.63) is 30.1 Å². The minimum Gasteiger partial charge on any atom is -0.341 e. The van der Waals surface area contributed by atoms with E-state index in [1.165, 1.54) is 0 Å². The molecule has 0 radical (unpaired) electrons. The van der Waals surface area contributed by atoms with Crippen molar-refractivity contribution in [2.75, 3.05) is 13.1 Å². The molecule has 19 heavy (non-hydrogen) atoms. The number of imidazole rings is 1. The highest BCUT2D eigenvalue weighted by molar-refractivity contribution is 5.84. The van der Waals surface area contributed by atoms with Crippen molar-refractivity contribution in [1.82, 2.24) is 14.5 Å². The average Bonchev–Trinajstić information content (AvgIpc) is 2.75. The van der Waals surface area contributed by atoms with E-state index >= 15 is 0 Å². The number of aryl methyl sites for hydroxylation is 1. The second-order valence-electron chi connectivity index (χ2n) is 4.70. The fraction of sp³-hybridized carbons (Fsp3) is 0.467. The number of para-hydroxylation sites is 2. The molecular formula is C15H21N3O. The lowest BCUT2D eigenvalue weighted by atomic mass is 10.2. The fourth-order valence-electron chi connectivity index (χ4n) is 2.56. The van der Waals surface area contributed by atoms with Crippen LogP contribution in [-0.4, -0.2) is 33.4 Å². The maximum atomic E-state index is 12.5. The Bertz CT molecular complexity index is 584. The Morgan fingerprint density at radius 1 is 1.32 bits per heavy atom. The molecule has 0 fully saturated rings. The molecule has 0 aliphatic carbocycles. The predicted molar refractivity (Wildman–Crippen MR) is 77.1 cm³/mol. The third kappa shape index (κ3) is 2.35. The van der Waals surface area contributed by atoms with E-state index in [1.807, 2.05) is 61.4 Å². The lowest BCUT2D eigenvalue weighted by Crippen LogP contribution is -2.36. The summed E-state index contributed by atoms with van der Waals surface area (Å²) in [6.45, 7) is 9.39. The van der Waals surface area contributed by atoms with E-state index in [2.05, 4.69) is 4.98 Å². The van der Waals surface area contributed by atoms with Crippen LogP contribution < -0.4 is 0 Å². The number of benzene rings is 1. The van der Waals surface area contributed by atoms with Crippen molar-refractivity contribution >= 4 is 16.9 Å². The molecule has 1 unspecified atom stereocenters. The SMILES string of the molecule is CCN(CC)C(=O)C(C)n1c(C)nc2ccccc21. The molecule has 2 rings (SSSR count). The van der Waals surface area contributed by atoms with Gasteiger partial charge in [0.15, 0.2) is 0 Å². The maximum absolute atomic E-state index is 12.5. The Morgan fingerprint density at radius 2 is 1.95 bits per heavy atom. The Labute approximate surface area is 114 Å². The topological polar surface area (TPSA) is 38.1 Å². The summed E-state index contributed by atoms with van der Waals surface area (Å²) in [5.74, 6) is 1.03. The maximum Gasteiger partial charge on any atom is 0.245 e. The van der Waals surface area contributed by atoms with E-state index < -0.39 is 0 Å². The Hall–Kier alpha value is -1.84. The molecule has 1 heterocycles. The smallest absolute Gasteiger partial charge is 0.245 e. The molecule has 0 aliphatic rings. The highest BCUT2D eigenvalue weighted by Crippen LogP contribution is 2.22. The van der Waals surface area contributed by atoms with Gasteiger partial charge in [-0.25, -0.2) is 4.98 Å². The summed E-state index contributed by atoms with van der Waals surface area (Å²) < 4.78 is 2.02. The van der Waals surface area contributed by atoms with Gasteiger partial charge in [0.2, 0.25) is 5.91 Å². The van der Waals surface area contributed by atoms with Crippen molar-refractivity contribution in [3.63, 3.8) is 0 Å². The number of aromatic nitrogens is 2. The molecule has 2 aromatic rings. The van der Waals surface area contributed by atoms with Crippen LogP contribution in [0.3, 0.4) is 0 Å². The summed E-state index contributed by atoms with van der Waals surface area (Å²) in [4.78, 5) is 18.9. The first kappa shape index (κ1) is 13.6. The average molecular weight is 259 g/mol. The number of likely N-dealkylation sites (N-methyl/N-ethyl adjacent to an activating group) is 1. The number of hydrogen-bond donors (Lipinski definition) is 0. The summed E-state index contributed by atoms with van der Waals surface area (Å²) in [5, 5.41) is 0. The van der Waals surface area contributed by atoms with Crippen molar-refractivity contribution in [2.45, 2.75) is 33.7 Å². The lowest BCUT2D eigenvalue weighted by molar-refractivity contribution is -0.133. The highest BCUT2D eigenvalue weighted by atomic mass is 16.2. The van der Waals surface area contributed by atoms with Gasteiger partial charge in [-0.05, 0) is 39.8 Å². The van der Waals surface area contributed by atoms with Crippen molar-refractivity contribution in [3.8, 4) is 0 Å². The molecule has 0 bridgehead atoms. The third-order valence-corrected chi connectivity index (χ3v) is 3.59. The van der Waals surface area contributed by atoms with Gasteiger partial charge >= 0.3 is 0 Å². The number of carbonyl (C=O) groups excluding carboxylic acids is 1. The molecule has 102 valence electrons. The zero-order chi connectivity index (χ0) is 14.0. The number of nitrogens with zero attached hydrogens (tertiary/aromatic N) is 3. The van der Waals surface area contributed by atoms with Gasteiger partial charge in [0.1, 0.15) is 11.9 Å². The van der Waals surface area contributed by atoms with E-state index in [0.717, 1.165) is 29.9 Å². The third-order valence-electron chi connectivity index (χ3n) is 3.59. The number of amides is 1. The fourth-order valence-corrected chi connectivity index (χ4v) is 2.56. The first-order valence-corrected chi connectivity index (χ1v) is 6.82. The van der Waals surface area contributed by atoms with Gasteiger partial charge < -0.3 is 9.47 Å². The summed E-state index contributed by atoms with van der Waals surface area (Å²) in [5.41, 5.74) is 1.97. The number of fused-ring (bicyclic) bond motifs is 1. The van der Waals surface area contributed by atoms with E-state index in [4.69, 9.17) is 0 Å². The zero-order valence-corrected chi connectivity index (χ0v) is 12.1. The predicted octanol–water partition coefficient (Wildman–Crippen LogP) is 2.77. The molecule has 0 saturated carbocycles. The summed E-state index contributed by atoms with van der Waals surface area (Å²) in [7, 11) is 0. The number of carbonyl (C=O) groups is 1. The number of hydrogen-bond acceptors (Lipinski definition) is 2. The van der Waals surface area contributed by atoms with E-state index in [9.17, 15) is 4.79 Å². The molecular weight excluding hydrogens is 238 g/mol. The normalized spacial score (nSPS) is 12.6. The lowest BCUT2D eigenvalue weighted by Gasteiger charge is -2.24. The van der Waals surface area contributed by atoms with Gasteiger partial charge in [0, 0.05) is 13.1 Å². The Morgan fingerprint density at radius 3 is 2.58 bits per heavy atom. The van der Waals surface area contributed by atoms with Crippen LogP contribution in [0, 0.1) is 6.92 Å². The minimum atomic E-state index is -0.215. The first-order valence-electron chi connectivity index (χ1n) is 6.82. The molecule has 1 amide bonds. The van der Waals surface area contributed by atoms with E-state index in [-0.39, 0.29) is 11.9 Å². The van der Waals surface area contributed by atoms with Gasteiger partial charge in [-0.1, -0.05) is 12.1 Å². The molecule has 1 aromatic carbocycles. The molecule has 1 aromatic heterocycles. The quantitative estimate of drug-likeness (QED) is 0.846. The molecule has 0 spiro atoms. The van der Waals surface area contributed by atoms with Crippen molar-refractivity contribution in [2.24, 2.45) is 0 Å². The van der Waals surface area contributed by atoms with E-state index in [1.54, 1.807) is 0 Å². The van der Waals surface area contributed by atoms with Crippen LogP contribution in [0.4, 0.5) is 0 Å². The second-order valence-corrected chi connectivity index (χ2v) is 4.70. The summed E-state index contributed by atoms with van der Waals surface area (Å²) >= 11 is 0. The van der Waals surface area contributed by atoms with Gasteiger partial charge in [-0.2, -0.15) is 0 Å². The minimum absolute atomic E-state index is 0.149. The monoisotopic (exact) mass is 259 g/mol. The van der Waals surface area contributed by atoms with Crippen LogP contribution in [0.2, 0.25) is 0 Å². The standard InChI is InChI=1S/C15H21N3O/c1-5-17(6-2)15(19)11(3)18-12(4)16-13-9-7-8-10-14(13)18/h7-11H,5-6H2,1-4H3. The molecule has 4 heteroatoms. The second kappa shape index (κ2) is 5.43. The molecule has 4 nitrogen and oxygen atoms in total. The molecule has 1 atom stereocenters. The summed E-state index contributed by atoms with van der Waals surface area (Å²) in [6.07, 6.45) is 0. The Kier molecular flexibility index (Phi) is 3.88. The zero-order valence-electron chi connectivity index (χ0n) is 12.1. The molecule has 0 aliphatic heterocycles. The molecule has 0 N–H and O–H groups in total. The van der Waals surface area contributed by atoms with Crippen LogP contribution >= 0.6 is 0 Å². The number of rotatable bonds is 4. The van der Waals surface area contributed by atoms with Crippen LogP contribution in [0.15, 0.2) is 24.3 Å². The van der Waals surface area contributed by atoms with Gasteiger partial charge in [0.05, 0.1) is 11.0 Å².